The van der Waals surface area contributed by atoms with Gasteiger partial charge in [-0.1, -0.05) is 0 Å². The number of ether oxygens (including phenoxy) is 2. The molecule has 2 heterocycles. The molecule has 0 saturated carbocycles. The number of aromatic nitrogens is 1. The Hall–Kier alpha value is -1.13. The van der Waals surface area contributed by atoms with Gasteiger partial charge >= 0.3 is 0 Å². The summed E-state index contributed by atoms with van der Waals surface area (Å²) in [6, 6.07) is 0. The molecule has 2 rings (SSSR count). The summed E-state index contributed by atoms with van der Waals surface area (Å²) in [5.41, 5.74) is 9.27. The van der Waals surface area contributed by atoms with Crippen LogP contribution in [-0.4, -0.2) is 30.3 Å². The van der Waals surface area contributed by atoms with Crippen molar-refractivity contribution in [2.75, 3.05) is 13.7 Å². The van der Waals surface area contributed by atoms with E-state index in [1.54, 1.807) is 7.11 Å². The quantitative estimate of drug-likeness (QED) is 0.888. The normalized spacial score (nSPS) is 27.5. The smallest absolute Gasteiger partial charge is 0.128 e. The molecule has 0 aliphatic carbocycles. The number of hydrogen-bond acceptors (Lipinski definition) is 4. The van der Waals surface area contributed by atoms with Gasteiger partial charge in [0.2, 0.25) is 0 Å². The van der Waals surface area contributed by atoms with Crippen LogP contribution in [-0.2, 0) is 11.2 Å². The third-order valence-corrected chi connectivity index (χ3v) is 3.99. The van der Waals surface area contributed by atoms with Crippen molar-refractivity contribution in [2.24, 2.45) is 5.73 Å². The van der Waals surface area contributed by atoms with E-state index in [1.807, 2.05) is 27.0 Å². The zero-order valence-corrected chi connectivity index (χ0v) is 11.6. The number of methoxy groups -OCH3 is 1. The number of nitrogens with two attached hydrogens (primary N) is 1. The lowest BCUT2D eigenvalue weighted by Gasteiger charge is -2.28. The third kappa shape index (κ3) is 2.22. The standard InChI is InChI=1S/C14H22N2O2/c1-9-8-16-12(10(2)13(9)17-4)7-14(15)5-6-18-11(14)3/h8,11H,5-7,15H2,1-4H3. The molecule has 0 amide bonds. The van der Waals surface area contributed by atoms with E-state index in [2.05, 4.69) is 4.98 Å². The van der Waals surface area contributed by atoms with Gasteiger partial charge in [-0.25, -0.2) is 0 Å². The second-order valence-corrected chi connectivity index (χ2v) is 5.22. The van der Waals surface area contributed by atoms with E-state index >= 15 is 0 Å². The van der Waals surface area contributed by atoms with Gasteiger partial charge in [-0.15, -0.1) is 0 Å². The van der Waals surface area contributed by atoms with E-state index in [-0.39, 0.29) is 11.6 Å². The summed E-state index contributed by atoms with van der Waals surface area (Å²) in [7, 11) is 1.69. The zero-order chi connectivity index (χ0) is 13.3. The largest absolute Gasteiger partial charge is 0.496 e. The molecule has 4 heteroatoms. The molecule has 1 fully saturated rings. The Bertz CT molecular complexity index is 448. The highest BCUT2D eigenvalue weighted by atomic mass is 16.5. The molecule has 4 nitrogen and oxygen atoms in total. The summed E-state index contributed by atoms with van der Waals surface area (Å²) < 4.78 is 11.0. The first-order chi connectivity index (χ1) is 8.48. The molecule has 2 N–H and O–H groups in total. The van der Waals surface area contributed by atoms with Crippen molar-refractivity contribution in [2.45, 2.75) is 45.3 Å². The van der Waals surface area contributed by atoms with Gasteiger partial charge < -0.3 is 15.2 Å². The van der Waals surface area contributed by atoms with Crippen LogP contribution in [0.4, 0.5) is 0 Å². The van der Waals surface area contributed by atoms with Crippen LogP contribution < -0.4 is 10.5 Å². The van der Waals surface area contributed by atoms with Gasteiger partial charge in [0.1, 0.15) is 5.75 Å². The van der Waals surface area contributed by atoms with Gasteiger partial charge in [0, 0.05) is 41.6 Å². The third-order valence-electron chi connectivity index (χ3n) is 3.99. The van der Waals surface area contributed by atoms with Crippen molar-refractivity contribution in [1.29, 1.82) is 0 Å². The number of hydrogen-bond donors (Lipinski definition) is 1. The number of aryl methyl sites for hydroxylation is 1. The van der Waals surface area contributed by atoms with Crippen LogP contribution in [0.3, 0.4) is 0 Å². The molecular weight excluding hydrogens is 228 g/mol. The second kappa shape index (κ2) is 4.86. The molecule has 0 spiro atoms. The maximum atomic E-state index is 6.43. The van der Waals surface area contributed by atoms with Gasteiger partial charge in [0.15, 0.2) is 0 Å². The van der Waals surface area contributed by atoms with Crippen LogP contribution in [0.25, 0.3) is 0 Å². The fourth-order valence-electron chi connectivity index (χ4n) is 2.59. The molecule has 2 unspecified atom stereocenters. The maximum Gasteiger partial charge on any atom is 0.128 e. The van der Waals surface area contributed by atoms with Gasteiger partial charge in [0.05, 0.1) is 13.2 Å². The SMILES string of the molecule is COc1c(C)cnc(CC2(N)CCOC2C)c1C. The topological polar surface area (TPSA) is 57.4 Å². The van der Waals surface area contributed by atoms with Crippen LogP contribution in [0, 0.1) is 13.8 Å². The summed E-state index contributed by atoms with van der Waals surface area (Å²) in [5.74, 6) is 0.912. The van der Waals surface area contributed by atoms with Crippen molar-refractivity contribution in [3.63, 3.8) is 0 Å². The van der Waals surface area contributed by atoms with Crippen molar-refractivity contribution < 1.29 is 9.47 Å². The lowest BCUT2D eigenvalue weighted by molar-refractivity contribution is 0.0952. The Balaban J connectivity index is 2.30. The van der Waals surface area contributed by atoms with Crippen LogP contribution in [0.1, 0.15) is 30.2 Å². The molecular formula is C14H22N2O2. The first-order valence-electron chi connectivity index (χ1n) is 6.37. The molecule has 1 aromatic rings. The molecule has 0 radical (unpaired) electrons. The first-order valence-corrected chi connectivity index (χ1v) is 6.37. The molecule has 1 saturated heterocycles. The van der Waals surface area contributed by atoms with Crippen molar-refractivity contribution in [3.05, 3.63) is 23.0 Å². The summed E-state index contributed by atoms with van der Waals surface area (Å²) in [6.45, 7) is 6.81. The van der Waals surface area contributed by atoms with Crippen molar-refractivity contribution >= 4 is 0 Å². The molecule has 1 aliphatic heterocycles. The average Bonchev–Trinajstić information content (AvgIpc) is 2.64. The van der Waals surface area contributed by atoms with Crippen molar-refractivity contribution in [1.82, 2.24) is 4.98 Å². The summed E-state index contributed by atoms with van der Waals surface area (Å²) >= 11 is 0. The molecule has 1 aromatic heterocycles. The number of nitrogens with zero attached hydrogens (tertiary/aromatic N) is 1. The minimum Gasteiger partial charge on any atom is -0.496 e. The van der Waals surface area contributed by atoms with Crippen LogP contribution >= 0.6 is 0 Å². The number of rotatable bonds is 3. The van der Waals surface area contributed by atoms with E-state index in [0.717, 1.165) is 42.0 Å². The van der Waals surface area contributed by atoms with Gasteiger partial charge in [-0.05, 0) is 27.2 Å². The predicted octanol–water partition coefficient (Wildman–Crippen LogP) is 1.76. The Morgan fingerprint density at radius 1 is 1.56 bits per heavy atom. The molecule has 100 valence electrons. The van der Waals surface area contributed by atoms with E-state index in [0.29, 0.717) is 0 Å². The first kappa shape index (κ1) is 13.3. The monoisotopic (exact) mass is 250 g/mol. The van der Waals surface area contributed by atoms with E-state index in [9.17, 15) is 0 Å². The Kier molecular flexibility index (Phi) is 3.59. The highest BCUT2D eigenvalue weighted by Gasteiger charge is 2.38. The van der Waals surface area contributed by atoms with E-state index in [4.69, 9.17) is 15.2 Å². The van der Waals surface area contributed by atoms with Gasteiger partial charge in [-0.2, -0.15) is 0 Å². The van der Waals surface area contributed by atoms with E-state index < -0.39 is 0 Å². The highest BCUT2D eigenvalue weighted by Crippen LogP contribution is 2.30. The van der Waals surface area contributed by atoms with Gasteiger partial charge in [0.25, 0.3) is 0 Å². The Labute approximate surface area is 108 Å². The summed E-state index contributed by atoms with van der Waals surface area (Å²) in [5, 5.41) is 0. The zero-order valence-electron chi connectivity index (χ0n) is 11.6. The minimum absolute atomic E-state index is 0.0750. The van der Waals surface area contributed by atoms with Crippen LogP contribution in [0.15, 0.2) is 6.20 Å². The summed E-state index contributed by atoms with van der Waals surface area (Å²) in [4.78, 5) is 4.51. The van der Waals surface area contributed by atoms with Crippen LogP contribution in [0.2, 0.25) is 0 Å². The fraction of sp³-hybridized carbons (Fsp3) is 0.643. The molecule has 0 bridgehead atoms. The van der Waals surface area contributed by atoms with Crippen molar-refractivity contribution in [3.8, 4) is 5.75 Å². The van der Waals surface area contributed by atoms with Gasteiger partial charge in [-0.3, -0.25) is 4.98 Å². The second-order valence-electron chi connectivity index (χ2n) is 5.22. The highest BCUT2D eigenvalue weighted by molar-refractivity contribution is 5.41. The Morgan fingerprint density at radius 2 is 2.28 bits per heavy atom. The number of pyridine rings is 1. The minimum atomic E-state index is -0.308. The molecule has 2 atom stereocenters. The molecule has 1 aliphatic rings. The fourth-order valence-corrected chi connectivity index (χ4v) is 2.59. The average molecular weight is 250 g/mol. The maximum absolute atomic E-state index is 6.43. The summed E-state index contributed by atoms with van der Waals surface area (Å²) in [6.07, 6.45) is 3.54. The molecule has 0 aromatic carbocycles. The predicted molar refractivity (Wildman–Crippen MR) is 70.9 cm³/mol. The lowest BCUT2D eigenvalue weighted by atomic mass is 9.86. The Morgan fingerprint density at radius 3 is 2.83 bits per heavy atom. The molecule has 18 heavy (non-hydrogen) atoms. The van der Waals surface area contributed by atoms with E-state index in [1.165, 1.54) is 0 Å². The lowest BCUT2D eigenvalue weighted by Crippen LogP contribution is -2.48. The van der Waals surface area contributed by atoms with Crippen LogP contribution in [0.5, 0.6) is 5.75 Å².